The largest absolute Gasteiger partial charge is 0.356 e. The fourth-order valence-corrected chi connectivity index (χ4v) is 7.90. The van der Waals surface area contributed by atoms with Crippen LogP contribution in [0.15, 0.2) is 115 Å². The Bertz CT molecular complexity index is 1880. The van der Waals surface area contributed by atoms with Crippen molar-refractivity contribution in [2.75, 3.05) is 25.4 Å². The molecule has 0 aromatic heterocycles. The second-order valence-electron chi connectivity index (χ2n) is 13.2. The van der Waals surface area contributed by atoms with Gasteiger partial charge in [0.25, 0.3) is 29.5 Å². The van der Waals surface area contributed by atoms with Crippen molar-refractivity contribution in [3.63, 3.8) is 0 Å². The number of carbonyl (C=O) groups excluding carboxylic acids is 8. The highest BCUT2D eigenvalue weighted by Gasteiger charge is 2.37. The first-order chi connectivity index (χ1) is 27.6. The average Bonchev–Trinajstić information content (AvgIpc) is 3.73. The summed E-state index contributed by atoms with van der Waals surface area (Å²) in [5, 5.41) is 5.34. The van der Waals surface area contributed by atoms with Crippen LogP contribution in [0.25, 0.3) is 0 Å². The zero-order valence-electron chi connectivity index (χ0n) is 31.2. The molecular formula is C42H44N6O8S. The molecule has 2 heterocycles. The van der Waals surface area contributed by atoms with E-state index in [0.29, 0.717) is 18.6 Å². The maximum atomic E-state index is 13.4. The number of nitrogens with zero attached hydrogens (tertiary/aromatic N) is 2. The van der Waals surface area contributed by atoms with Gasteiger partial charge < -0.3 is 10.6 Å². The van der Waals surface area contributed by atoms with Crippen LogP contribution >= 0.6 is 11.8 Å². The van der Waals surface area contributed by atoms with Crippen LogP contribution in [0.4, 0.5) is 0 Å². The molecule has 0 radical (unpaired) electrons. The van der Waals surface area contributed by atoms with Crippen LogP contribution in [-0.2, 0) is 43.1 Å². The number of rotatable bonds is 20. The Morgan fingerprint density at radius 1 is 0.561 bits per heavy atom. The van der Waals surface area contributed by atoms with Crippen LogP contribution in [0.5, 0.6) is 0 Å². The minimum absolute atomic E-state index is 0.0478. The maximum Gasteiger partial charge on any atom is 0.260 e. The van der Waals surface area contributed by atoms with E-state index in [0.717, 1.165) is 50.8 Å². The molecule has 15 heteroatoms. The fraction of sp³-hybridized carbons (Fsp3) is 0.286. The molecule has 0 fully saturated rings. The maximum absolute atomic E-state index is 13.4. The van der Waals surface area contributed by atoms with E-state index in [1.807, 2.05) is 54.6 Å². The van der Waals surface area contributed by atoms with E-state index in [1.165, 1.54) is 0 Å². The van der Waals surface area contributed by atoms with Crippen LogP contribution in [0.2, 0.25) is 0 Å². The van der Waals surface area contributed by atoms with Crippen molar-refractivity contribution in [2.24, 2.45) is 0 Å². The molecule has 8 amide bonds. The van der Waals surface area contributed by atoms with Gasteiger partial charge in [0, 0.05) is 69.0 Å². The summed E-state index contributed by atoms with van der Waals surface area (Å²) in [6.07, 6.45) is 5.21. The van der Waals surface area contributed by atoms with Gasteiger partial charge >= 0.3 is 0 Å². The first kappa shape index (κ1) is 41.8. The third-order valence-corrected chi connectivity index (χ3v) is 10.9. The molecule has 0 saturated heterocycles. The molecule has 57 heavy (non-hydrogen) atoms. The number of carbonyl (C=O) groups is 8. The van der Waals surface area contributed by atoms with Crippen molar-refractivity contribution >= 4 is 59.0 Å². The van der Waals surface area contributed by atoms with Crippen LogP contribution in [0, 0.1) is 0 Å². The summed E-state index contributed by atoms with van der Waals surface area (Å²) >= 11 is 1.60. The second-order valence-corrected chi connectivity index (χ2v) is 14.5. The minimum Gasteiger partial charge on any atom is -0.356 e. The number of hydrogen-bond acceptors (Lipinski definition) is 9. The number of amides is 8. The predicted molar refractivity (Wildman–Crippen MR) is 212 cm³/mol. The van der Waals surface area contributed by atoms with Gasteiger partial charge in [-0.05, 0) is 36.0 Å². The highest BCUT2D eigenvalue weighted by molar-refractivity contribution is 8.00. The van der Waals surface area contributed by atoms with Crippen molar-refractivity contribution in [2.45, 2.75) is 49.3 Å². The van der Waals surface area contributed by atoms with Crippen LogP contribution in [-0.4, -0.2) is 88.5 Å². The monoisotopic (exact) mass is 792 g/mol. The average molecular weight is 793 g/mol. The Balaban J connectivity index is 1.15. The molecule has 0 bridgehead atoms. The first-order valence-electron chi connectivity index (χ1n) is 18.6. The summed E-state index contributed by atoms with van der Waals surface area (Å²) in [7, 11) is 0. The zero-order valence-corrected chi connectivity index (χ0v) is 32.0. The highest BCUT2D eigenvalue weighted by atomic mass is 32.2. The molecule has 5 rings (SSSR count). The van der Waals surface area contributed by atoms with E-state index >= 15 is 0 Å². The van der Waals surface area contributed by atoms with E-state index in [2.05, 4.69) is 57.9 Å². The van der Waals surface area contributed by atoms with E-state index in [4.69, 9.17) is 0 Å². The summed E-state index contributed by atoms with van der Waals surface area (Å²) in [6.45, 7) is 0.0124. The smallest absolute Gasteiger partial charge is 0.260 e. The topological polar surface area (TPSA) is 191 Å². The van der Waals surface area contributed by atoms with Gasteiger partial charge in [0.2, 0.25) is 17.7 Å². The molecule has 1 unspecified atom stereocenters. The van der Waals surface area contributed by atoms with Gasteiger partial charge in [-0.1, -0.05) is 91.0 Å². The Hall–Kier alpha value is -6.35. The first-order valence-corrected chi connectivity index (χ1v) is 19.6. The minimum atomic E-state index is -1.09. The lowest BCUT2D eigenvalue weighted by molar-refractivity contribution is -0.139. The van der Waals surface area contributed by atoms with Crippen molar-refractivity contribution in [3.05, 3.63) is 132 Å². The lowest BCUT2D eigenvalue weighted by Crippen LogP contribution is -2.52. The third-order valence-electron chi connectivity index (χ3n) is 9.33. The second kappa shape index (κ2) is 20.5. The Labute approximate surface area is 334 Å². The standard InChI is InChI=1S/C42H44N6O8S/c49-34(23-27-47-37(52)19-20-38(47)53)43-26-11-10-18-33(44-35(50)24-28-48-39(54)21-22-40(48)55)41(56)46-45-36(51)25-29-57-42(30-12-4-1-5-13-30,31-14-6-2-7-15-31)32-16-8-3-9-17-32/h1-9,12-17,19-22,33H,10-11,18,23-29H2,(H,43,49)(H,44,50)(H,45,51)(H,46,56). The number of benzene rings is 3. The molecule has 0 aliphatic carbocycles. The Morgan fingerprint density at radius 3 is 1.49 bits per heavy atom. The van der Waals surface area contributed by atoms with Crippen molar-refractivity contribution < 1.29 is 38.4 Å². The van der Waals surface area contributed by atoms with Gasteiger partial charge in [-0.15, -0.1) is 11.8 Å². The summed E-state index contributed by atoms with van der Waals surface area (Å²) in [5.74, 6) is -3.69. The quantitative estimate of drug-likeness (QED) is 0.0577. The summed E-state index contributed by atoms with van der Waals surface area (Å²) in [4.78, 5) is 101. The third kappa shape index (κ3) is 11.4. The zero-order chi connectivity index (χ0) is 40.6. The summed E-state index contributed by atoms with van der Waals surface area (Å²) < 4.78 is -0.633. The molecule has 4 N–H and O–H groups in total. The fourth-order valence-electron chi connectivity index (χ4n) is 6.40. The predicted octanol–water partition coefficient (Wildman–Crippen LogP) is 2.65. The lowest BCUT2D eigenvalue weighted by Gasteiger charge is -2.35. The molecule has 14 nitrogen and oxygen atoms in total. The van der Waals surface area contributed by atoms with Gasteiger partial charge in [0.1, 0.15) is 6.04 Å². The number of imide groups is 2. The van der Waals surface area contributed by atoms with Gasteiger partial charge in [0.05, 0.1) is 4.75 Å². The van der Waals surface area contributed by atoms with Gasteiger partial charge in [-0.2, -0.15) is 0 Å². The van der Waals surface area contributed by atoms with E-state index in [9.17, 15) is 38.4 Å². The van der Waals surface area contributed by atoms with Crippen molar-refractivity contribution in [3.8, 4) is 0 Å². The number of thioether (sulfide) groups is 1. The van der Waals surface area contributed by atoms with Crippen molar-refractivity contribution in [1.82, 2.24) is 31.3 Å². The number of unbranched alkanes of at least 4 members (excludes halogenated alkanes) is 1. The number of hydrazine groups is 1. The number of hydrogen-bond donors (Lipinski definition) is 4. The van der Waals surface area contributed by atoms with E-state index < -0.39 is 52.1 Å². The molecule has 296 valence electrons. The summed E-state index contributed by atoms with van der Waals surface area (Å²) in [6, 6.07) is 29.0. The molecule has 1 atom stereocenters. The van der Waals surface area contributed by atoms with Crippen LogP contribution in [0.3, 0.4) is 0 Å². The normalized spacial score (nSPS) is 14.2. The molecule has 2 aliphatic heterocycles. The molecule has 2 aliphatic rings. The summed E-state index contributed by atoms with van der Waals surface area (Å²) in [5.41, 5.74) is 8.02. The van der Waals surface area contributed by atoms with Gasteiger partial charge in [-0.3, -0.25) is 59.0 Å². The highest BCUT2D eigenvalue weighted by Crippen LogP contribution is 2.48. The molecule has 0 saturated carbocycles. The molecule has 0 spiro atoms. The molecule has 3 aromatic carbocycles. The molecule has 3 aromatic rings. The van der Waals surface area contributed by atoms with Gasteiger partial charge in [0.15, 0.2) is 0 Å². The number of nitrogens with one attached hydrogen (secondary N) is 4. The van der Waals surface area contributed by atoms with Crippen LogP contribution in [0.1, 0.15) is 55.2 Å². The van der Waals surface area contributed by atoms with E-state index in [1.54, 1.807) is 11.8 Å². The van der Waals surface area contributed by atoms with E-state index in [-0.39, 0.29) is 51.2 Å². The lowest BCUT2D eigenvalue weighted by atomic mass is 9.84. The van der Waals surface area contributed by atoms with Crippen LogP contribution < -0.4 is 21.5 Å². The molecular weight excluding hydrogens is 749 g/mol. The van der Waals surface area contributed by atoms with Crippen molar-refractivity contribution in [1.29, 1.82) is 0 Å². The Kier molecular flexibility index (Phi) is 15.1. The SMILES string of the molecule is O=C(CCN1C(=O)C=CC1=O)NCCCCC(NC(=O)CCN1C(=O)C=CC1=O)C(=O)NNC(=O)CCSC(c1ccccc1)(c1ccccc1)c1ccccc1. The van der Waals surface area contributed by atoms with Gasteiger partial charge in [-0.25, -0.2) is 0 Å². The Morgan fingerprint density at radius 2 is 1.02 bits per heavy atom.